The molecule has 0 aliphatic carbocycles. The molecule has 0 fully saturated rings. The van der Waals surface area contributed by atoms with E-state index in [-0.39, 0.29) is 25.2 Å². The number of unbranched alkanes of at least 4 members (excludes halogenated alkanes) is 22. The zero-order valence-corrected chi connectivity index (χ0v) is 47.8. The highest BCUT2D eigenvalue weighted by atomic mass is 16.6. The Bertz CT molecular complexity index is 1580. The monoisotopic (exact) mass is 1020 g/mol. The summed E-state index contributed by atoms with van der Waals surface area (Å²) in [6.45, 7) is 3.91. The summed E-state index contributed by atoms with van der Waals surface area (Å²) in [7, 11) is 0. The van der Waals surface area contributed by atoms with E-state index >= 15 is 0 Å². The molecule has 5 heteroatoms. The average Bonchev–Trinajstić information content (AvgIpc) is 3.40. The van der Waals surface area contributed by atoms with Crippen molar-refractivity contribution >= 4 is 11.9 Å². The number of aliphatic hydroxyl groups is 1. The van der Waals surface area contributed by atoms with Crippen LogP contribution in [0, 0.1) is 0 Å². The van der Waals surface area contributed by atoms with Gasteiger partial charge in [0.05, 0.1) is 6.61 Å². The molecule has 0 saturated heterocycles. The minimum Gasteiger partial charge on any atom is -0.462 e. The molecule has 0 bridgehead atoms. The van der Waals surface area contributed by atoms with Crippen molar-refractivity contribution in [3.8, 4) is 0 Å². The van der Waals surface area contributed by atoms with E-state index in [0.717, 1.165) is 122 Å². The molecule has 5 nitrogen and oxygen atoms in total. The zero-order valence-electron chi connectivity index (χ0n) is 47.8. The van der Waals surface area contributed by atoms with Gasteiger partial charge in [-0.15, -0.1) is 0 Å². The highest BCUT2D eigenvalue weighted by Crippen LogP contribution is 2.16. The number of carbonyl (C=O) groups is 2. The van der Waals surface area contributed by atoms with Gasteiger partial charge in [0.1, 0.15) is 6.61 Å². The summed E-state index contributed by atoms with van der Waals surface area (Å²) in [6.07, 6.45) is 95.4. The lowest BCUT2D eigenvalue weighted by Crippen LogP contribution is -2.28. The molecule has 74 heavy (non-hydrogen) atoms. The first kappa shape index (κ1) is 69.8. The van der Waals surface area contributed by atoms with Crippen molar-refractivity contribution in [3.05, 3.63) is 146 Å². The van der Waals surface area contributed by atoms with Crippen LogP contribution in [0.25, 0.3) is 0 Å². The van der Waals surface area contributed by atoms with Crippen LogP contribution in [-0.4, -0.2) is 36.4 Å². The van der Waals surface area contributed by atoms with Gasteiger partial charge in [-0.2, -0.15) is 0 Å². The summed E-state index contributed by atoms with van der Waals surface area (Å²) < 4.78 is 10.7. The van der Waals surface area contributed by atoms with E-state index in [9.17, 15) is 14.7 Å². The number of aliphatic hydroxyl groups excluding tert-OH is 1. The van der Waals surface area contributed by atoms with Crippen LogP contribution in [0.2, 0.25) is 0 Å². The number of hydrogen-bond acceptors (Lipinski definition) is 5. The molecule has 0 aliphatic rings. The normalized spacial score (nSPS) is 13.3. The van der Waals surface area contributed by atoms with Gasteiger partial charge < -0.3 is 14.6 Å². The van der Waals surface area contributed by atoms with Crippen LogP contribution in [0.1, 0.15) is 258 Å². The van der Waals surface area contributed by atoms with Gasteiger partial charge in [-0.1, -0.05) is 275 Å². The van der Waals surface area contributed by atoms with Gasteiger partial charge >= 0.3 is 11.9 Å². The third-order valence-electron chi connectivity index (χ3n) is 12.6. The van der Waals surface area contributed by atoms with Gasteiger partial charge in [-0.25, -0.2) is 0 Å². The Morgan fingerprint density at radius 1 is 0.311 bits per heavy atom. The van der Waals surface area contributed by atoms with Gasteiger partial charge in [0.15, 0.2) is 6.10 Å². The van der Waals surface area contributed by atoms with E-state index in [2.05, 4.69) is 160 Å². The molecule has 0 aromatic heterocycles. The first-order valence-electron chi connectivity index (χ1n) is 30.4. The molecule has 0 aliphatic heterocycles. The summed E-state index contributed by atoms with van der Waals surface area (Å²) in [5.41, 5.74) is 0. The molecule has 1 unspecified atom stereocenters. The van der Waals surface area contributed by atoms with Crippen LogP contribution in [0.3, 0.4) is 0 Å². The lowest BCUT2D eigenvalue weighted by Gasteiger charge is -2.15. The molecule has 0 saturated carbocycles. The lowest BCUT2D eigenvalue weighted by atomic mass is 10.0. The molecule has 0 aromatic carbocycles. The summed E-state index contributed by atoms with van der Waals surface area (Å²) >= 11 is 0. The van der Waals surface area contributed by atoms with Crippen LogP contribution in [0.5, 0.6) is 0 Å². The molecule has 418 valence electrons. The third kappa shape index (κ3) is 60.3. The van der Waals surface area contributed by atoms with Crippen molar-refractivity contribution < 1.29 is 24.2 Å². The first-order chi connectivity index (χ1) is 36.6. The summed E-state index contributed by atoms with van der Waals surface area (Å²) in [5.74, 6) is -0.611. The molecule has 1 N–H and O–H groups in total. The molecular formula is C69H112O5. The van der Waals surface area contributed by atoms with Crippen molar-refractivity contribution in [2.24, 2.45) is 0 Å². The minimum atomic E-state index is -0.791. The first-order valence-corrected chi connectivity index (χ1v) is 30.4. The Hall–Kier alpha value is -4.22. The summed E-state index contributed by atoms with van der Waals surface area (Å²) in [6, 6.07) is 0. The van der Waals surface area contributed by atoms with E-state index in [1.165, 1.54) is 109 Å². The van der Waals surface area contributed by atoms with Gasteiger partial charge in [0.25, 0.3) is 0 Å². The number of hydrogen-bond donors (Lipinski definition) is 1. The van der Waals surface area contributed by atoms with Gasteiger partial charge in [0, 0.05) is 12.8 Å². The van der Waals surface area contributed by atoms with Gasteiger partial charge in [-0.05, 0) is 116 Å². The fourth-order valence-electron chi connectivity index (χ4n) is 8.15. The van der Waals surface area contributed by atoms with Crippen molar-refractivity contribution in [3.63, 3.8) is 0 Å². The van der Waals surface area contributed by atoms with Crippen molar-refractivity contribution in [2.45, 2.75) is 264 Å². The van der Waals surface area contributed by atoms with E-state index in [1.54, 1.807) is 0 Å². The van der Waals surface area contributed by atoms with Gasteiger partial charge in [-0.3, -0.25) is 9.59 Å². The Morgan fingerprint density at radius 2 is 0.541 bits per heavy atom. The van der Waals surface area contributed by atoms with Crippen LogP contribution in [0.4, 0.5) is 0 Å². The maximum absolute atomic E-state index is 12.3. The standard InChI is InChI=1S/C69H112O5/c1-3-5-7-9-11-13-15-17-19-21-23-25-27-29-31-33-34-36-38-40-42-44-46-48-50-52-54-56-58-60-62-64-69(72)74-67(65-70)66-73-68(71)63-61-59-57-55-53-51-49-47-45-43-41-39-37-35-32-30-28-26-24-22-20-18-16-14-12-10-8-6-4-2/h5-8,11-14,17-20,23-26,29,31,34,36,40,42,46,48,67,70H,3-4,9-10,15-16,21-22,27-28,30,32-33,35,37-39,41,43-45,47,49-66H2,1-2H3/b7-5-,8-6-,13-11-,14-12-,19-17-,20-18-,25-23-,26-24-,31-29-,36-34-,42-40-,48-46-. The smallest absolute Gasteiger partial charge is 0.306 e. The highest BCUT2D eigenvalue weighted by Gasteiger charge is 2.16. The van der Waals surface area contributed by atoms with E-state index in [4.69, 9.17) is 9.47 Å². The number of esters is 2. The Morgan fingerprint density at radius 3 is 0.811 bits per heavy atom. The Balaban J connectivity index is 3.57. The lowest BCUT2D eigenvalue weighted by molar-refractivity contribution is -0.161. The largest absolute Gasteiger partial charge is 0.462 e. The van der Waals surface area contributed by atoms with Crippen LogP contribution in [0.15, 0.2) is 146 Å². The molecular weight excluding hydrogens is 909 g/mol. The number of carbonyl (C=O) groups excluding carboxylic acids is 2. The van der Waals surface area contributed by atoms with E-state index in [1.807, 2.05) is 0 Å². The second-order valence-corrected chi connectivity index (χ2v) is 19.7. The van der Waals surface area contributed by atoms with Crippen LogP contribution >= 0.6 is 0 Å². The Labute approximate surface area is 457 Å². The molecule has 0 aromatic rings. The Kier molecular flexibility index (Phi) is 59.5. The average molecular weight is 1020 g/mol. The number of ether oxygens (including phenoxy) is 2. The maximum Gasteiger partial charge on any atom is 0.306 e. The third-order valence-corrected chi connectivity index (χ3v) is 12.6. The second-order valence-electron chi connectivity index (χ2n) is 19.7. The maximum atomic E-state index is 12.3. The predicted molar refractivity (Wildman–Crippen MR) is 324 cm³/mol. The van der Waals surface area contributed by atoms with E-state index in [0.29, 0.717) is 12.8 Å². The minimum absolute atomic E-state index is 0.0795. The van der Waals surface area contributed by atoms with Crippen molar-refractivity contribution in [1.82, 2.24) is 0 Å². The molecule has 0 heterocycles. The second kappa shape index (κ2) is 63.1. The SMILES string of the molecule is CC/C=C\C/C=C\C/C=C\C/C=C\C/C=C\C/C=C\C/C=C\C/C=C\CCCCCCCCC(=O)OC(CO)COC(=O)CCCCCCCCCCCCCCCCCC/C=C\C/C=C\C/C=C\C/C=C\CC. The highest BCUT2D eigenvalue weighted by molar-refractivity contribution is 5.70. The molecule has 0 radical (unpaired) electrons. The molecule has 1 atom stereocenters. The number of rotatable bonds is 54. The number of allylic oxidation sites excluding steroid dienone is 24. The summed E-state index contributed by atoms with van der Waals surface area (Å²) in [4.78, 5) is 24.6. The van der Waals surface area contributed by atoms with Gasteiger partial charge in [0.2, 0.25) is 0 Å². The van der Waals surface area contributed by atoms with Crippen molar-refractivity contribution in [1.29, 1.82) is 0 Å². The predicted octanol–water partition coefficient (Wildman–Crippen LogP) is 21.0. The molecule has 0 amide bonds. The fraction of sp³-hybridized carbons (Fsp3) is 0.623. The van der Waals surface area contributed by atoms with Crippen LogP contribution in [-0.2, 0) is 19.1 Å². The fourth-order valence-corrected chi connectivity index (χ4v) is 8.15. The van der Waals surface area contributed by atoms with Crippen molar-refractivity contribution in [2.75, 3.05) is 13.2 Å². The summed E-state index contributed by atoms with van der Waals surface area (Å²) in [5, 5.41) is 9.67. The van der Waals surface area contributed by atoms with E-state index < -0.39 is 6.10 Å². The topological polar surface area (TPSA) is 72.8 Å². The molecule has 0 rings (SSSR count). The zero-order chi connectivity index (χ0) is 53.4. The molecule has 0 spiro atoms. The van der Waals surface area contributed by atoms with Crippen LogP contribution < -0.4 is 0 Å². The quantitative estimate of drug-likeness (QED) is 0.0373.